The summed E-state index contributed by atoms with van der Waals surface area (Å²) in [4.78, 5) is 22.0. The zero-order chi connectivity index (χ0) is 20.7. The Hall–Kier alpha value is -3.16. The minimum absolute atomic E-state index is 0.117. The molecule has 8 heteroatoms. The Labute approximate surface area is 174 Å². The lowest BCUT2D eigenvalue weighted by molar-refractivity contribution is 0.0962. The number of ether oxygens (including phenoxy) is 2. The number of carbonyl (C=O) groups is 1. The lowest BCUT2D eigenvalue weighted by Gasteiger charge is -2.26. The van der Waals surface area contributed by atoms with Crippen molar-refractivity contribution in [3.05, 3.63) is 53.8 Å². The first-order chi connectivity index (χ1) is 14.6. The molecule has 5 rings (SSSR count). The Balaban J connectivity index is 1.34. The summed E-state index contributed by atoms with van der Waals surface area (Å²) in [6, 6.07) is 1.65. The smallest absolute Gasteiger partial charge is 0.261 e. The number of rotatable bonds is 4. The molecule has 2 aliphatic carbocycles. The quantitative estimate of drug-likeness (QED) is 0.842. The molecule has 0 aromatic carbocycles. The van der Waals surface area contributed by atoms with E-state index in [1.807, 2.05) is 12.2 Å². The molecule has 1 aliphatic heterocycles. The number of hydrogen-bond donors (Lipinski definition) is 1. The number of hydrogen-bond acceptors (Lipinski definition) is 6. The maximum absolute atomic E-state index is 12.9. The van der Waals surface area contributed by atoms with E-state index in [1.165, 1.54) is 19.0 Å². The summed E-state index contributed by atoms with van der Waals surface area (Å²) in [5, 5.41) is 7.11. The second-order valence-corrected chi connectivity index (χ2v) is 8.21. The number of nitrogens with one attached hydrogen (secondary N) is 1. The van der Waals surface area contributed by atoms with Gasteiger partial charge in [0, 0.05) is 18.3 Å². The van der Waals surface area contributed by atoms with Crippen molar-refractivity contribution in [3.63, 3.8) is 0 Å². The Kier molecular flexibility index (Phi) is 4.77. The summed E-state index contributed by atoms with van der Waals surface area (Å²) in [6.45, 7) is 2.30. The molecule has 0 spiro atoms. The molecule has 1 amide bonds. The second kappa shape index (κ2) is 7.59. The molecular weight excluding hydrogens is 382 g/mol. The summed E-state index contributed by atoms with van der Waals surface area (Å²) in [5.41, 5.74) is 1.48. The fourth-order valence-corrected chi connectivity index (χ4v) is 4.38. The zero-order valence-corrected chi connectivity index (χ0v) is 17.1. The molecule has 0 saturated heterocycles. The number of aromatic nitrogens is 3. The molecule has 1 N–H and O–H groups in total. The molecule has 3 aliphatic rings. The Bertz CT molecular complexity index is 1060. The van der Waals surface area contributed by atoms with Crippen molar-refractivity contribution in [1.29, 1.82) is 0 Å². The molecule has 2 atom stereocenters. The molecule has 30 heavy (non-hydrogen) atoms. The van der Waals surface area contributed by atoms with Crippen LogP contribution in [-0.4, -0.2) is 45.7 Å². The van der Waals surface area contributed by atoms with Gasteiger partial charge < -0.3 is 14.8 Å². The van der Waals surface area contributed by atoms with Gasteiger partial charge in [-0.3, -0.25) is 4.79 Å². The highest BCUT2D eigenvalue weighted by atomic mass is 16.5. The van der Waals surface area contributed by atoms with Gasteiger partial charge in [-0.25, -0.2) is 14.5 Å². The third-order valence-electron chi connectivity index (χ3n) is 6.15. The molecule has 1 saturated carbocycles. The van der Waals surface area contributed by atoms with E-state index in [1.54, 1.807) is 30.1 Å². The van der Waals surface area contributed by atoms with E-state index in [-0.39, 0.29) is 18.1 Å². The summed E-state index contributed by atoms with van der Waals surface area (Å²) < 4.78 is 13.3. The zero-order valence-electron chi connectivity index (χ0n) is 17.1. The Morgan fingerprint density at radius 3 is 2.90 bits per heavy atom. The van der Waals surface area contributed by atoms with Crippen molar-refractivity contribution in [2.45, 2.75) is 44.8 Å². The number of amides is 1. The fraction of sp³-hybridized carbons (Fsp3) is 0.455. The van der Waals surface area contributed by atoms with Crippen molar-refractivity contribution in [1.82, 2.24) is 19.9 Å². The molecule has 3 heterocycles. The van der Waals surface area contributed by atoms with Crippen LogP contribution in [0.15, 0.2) is 53.3 Å². The van der Waals surface area contributed by atoms with Gasteiger partial charge in [-0.15, -0.1) is 0 Å². The van der Waals surface area contributed by atoms with Crippen LogP contribution in [0.2, 0.25) is 0 Å². The van der Waals surface area contributed by atoms with E-state index in [0.29, 0.717) is 28.6 Å². The maximum Gasteiger partial charge on any atom is 0.261 e. The lowest BCUT2D eigenvalue weighted by Crippen LogP contribution is -2.31. The highest BCUT2D eigenvalue weighted by Gasteiger charge is 2.37. The van der Waals surface area contributed by atoms with Crippen molar-refractivity contribution in [2.75, 3.05) is 7.11 Å². The van der Waals surface area contributed by atoms with Gasteiger partial charge in [0.25, 0.3) is 5.91 Å². The number of nitrogens with zero attached hydrogens (tertiary/aromatic N) is 4. The van der Waals surface area contributed by atoms with Gasteiger partial charge in [-0.2, -0.15) is 5.10 Å². The van der Waals surface area contributed by atoms with Crippen LogP contribution in [0.1, 0.15) is 43.0 Å². The molecule has 2 unspecified atom stereocenters. The standard InChI is InChI=1S/C22H25N5O3/c1-13-4-6-14(7-5-13)22-26-17-10-18(29-2)16(11-19(17)30-22)25-21(28)15-12-24-27-9-3-8-23-20(15)27/h3,8-14,17,19H,4-7H2,1-2H3,(H,25,28). The van der Waals surface area contributed by atoms with Crippen LogP contribution in [0.5, 0.6) is 0 Å². The van der Waals surface area contributed by atoms with Gasteiger partial charge in [-0.1, -0.05) is 6.92 Å². The van der Waals surface area contributed by atoms with Crippen LogP contribution in [-0.2, 0) is 9.47 Å². The summed E-state index contributed by atoms with van der Waals surface area (Å²) in [5.74, 6) is 2.31. The van der Waals surface area contributed by atoms with Crippen LogP contribution in [0.4, 0.5) is 0 Å². The number of fused-ring (bicyclic) bond motifs is 2. The molecular formula is C22H25N5O3. The van der Waals surface area contributed by atoms with Crippen molar-refractivity contribution in [3.8, 4) is 0 Å². The normalized spacial score (nSPS) is 28.1. The highest BCUT2D eigenvalue weighted by Crippen LogP contribution is 2.34. The third-order valence-corrected chi connectivity index (χ3v) is 6.15. The molecule has 2 aromatic rings. The predicted octanol–water partition coefficient (Wildman–Crippen LogP) is 2.88. The summed E-state index contributed by atoms with van der Waals surface area (Å²) in [7, 11) is 1.59. The SMILES string of the molecule is COC1=CC2N=C(C3CCC(C)CC3)OC2C=C1NC(=O)c1cnn2cccnc12. The minimum atomic E-state index is -0.295. The first-order valence-electron chi connectivity index (χ1n) is 10.4. The topological polar surface area (TPSA) is 90.1 Å². The van der Waals surface area contributed by atoms with E-state index in [4.69, 9.17) is 14.5 Å². The van der Waals surface area contributed by atoms with Crippen LogP contribution in [0.25, 0.3) is 5.65 Å². The Morgan fingerprint density at radius 1 is 1.27 bits per heavy atom. The first-order valence-corrected chi connectivity index (χ1v) is 10.4. The molecule has 2 aromatic heterocycles. The van der Waals surface area contributed by atoms with E-state index in [0.717, 1.165) is 24.7 Å². The molecule has 1 fully saturated rings. The van der Waals surface area contributed by atoms with Crippen LogP contribution in [0.3, 0.4) is 0 Å². The van der Waals surface area contributed by atoms with Gasteiger partial charge in [-0.05, 0) is 49.8 Å². The van der Waals surface area contributed by atoms with E-state index < -0.39 is 0 Å². The van der Waals surface area contributed by atoms with Gasteiger partial charge in [0.2, 0.25) is 0 Å². The molecule has 8 nitrogen and oxygen atoms in total. The van der Waals surface area contributed by atoms with Crippen LogP contribution in [0, 0.1) is 11.8 Å². The van der Waals surface area contributed by atoms with Crippen molar-refractivity contribution < 1.29 is 14.3 Å². The van der Waals surface area contributed by atoms with Crippen LogP contribution < -0.4 is 5.32 Å². The van der Waals surface area contributed by atoms with Gasteiger partial charge in [0.1, 0.15) is 23.5 Å². The minimum Gasteiger partial charge on any atom is -0.495 e. The fourth-order valence-electron chi connectivity index (χ4n) is 4.38. The van der Waals surface area contributed by atoms with E-state index >= 15 is 0 Å². The summed E-state index contributed by atoms with van der Waals surface area (Å²) in [6.07, 6.45) is 13.2. The Morgan fingerprint density at radius 2 is 2.10 bits per heavy atom. The number of methoxy groups -OCH3 is 1. The van der Waals surface area contributed by atoms with Gasteiger partial charge in [0.05, 0.1) is 19.0 Å². The van der Waals surface area contributed by atoms with Crippen molar-refractivity contribution >= 4 is 17.5 Å². The summed E-state index contributed by atoms with van der Waals surface area (Å²) >= 11 is 0. The average molecular weight is 407 g/mol. The largest absolute Gasteiger partial charge is 0.495 e. The van der Waals surface area contributed by atoms with E-state index in [2.05, 4.69) is 22.3 Å². The highest BCUT2D eigenvalue weighted by molar-refractivity contribution is 6.00. The molecule has 0 bridgehead atoms. The predicted molar refractivity (Wildman–Crippen MR) is 111 cm³/mol. The number of aliphatic imine (C=N–C) groups is 1. The number of carbonyl (C=O) groups excluding carboxylic acids is 1. The van der Waals surface area contributed by atoms with Gasteiger partial charge in [0.15, 0.2) is 11.5 Å². The van der Waals surface area contributed by atoms with E-state index in [9.17, 15) is 4.79 Å². The van der Waals surface area contributed by atoms with Crippen LogP contribution >= 0.6 is 0 Å². The lowest BCUT2D eigenvalue weighted by atomic mass is 9.83. The van der Waals surface area contributed by atoms with Crippen molar-refractivity contribution in [2.24, 2.45) is 16.8 Å². The van der Waals surface area contributed by atoms with Gasteiger partial charge >= 0.3 is 0 Å². The third kappa shape index (κ3) is 3.36. The monoisotopic (exact) mass is 407 g/mol. The second-order valence-electron chi connectivity index (χ2n) is 8.21. The molecule has 0 radical (unpaired) electrons. The molecule has 156 valence electrons. The average Bonchev–Trinajstić information content (AvgIpc) is 3.37. The maximum atomic E-state index is 12.9. The first kappa shape index (κ1) is 18.8.